The third-order valence-electron chi connectivity index (χ3n) is 5.54. The second kappa shape index (κ2) is 11.9. The molecule has 0 saturated heterocycles. The van der Waals surface area contributed by atoms with Crippen molar-refractivity contribution in [2.24, 2.45) is 0 Å². The molecule has 1 atom stereocenters. The molecule has 1 aliphatic carbocycles. The van der Waals surface area contributed by atoms with E-state index in [-0.39, 0.29) is 24.5 Å². The number of hydrogen-bond donors (Lipinski definition) is 1. The van der Waals surface area contributed by atoms with Crippen molar-refractivity contribution in [3.63, 3.8) is 0 Å². The summed E-state index contributed by atoms with van der Waals surface area (Å²) >= 11 is 5.70. The Kier molecular flexibility index (Phi) is 9.19. The first-order chi connectivity index (χ1) is 14.9. The molecule has 5 nitrogen and oxygen atoms in total. The van der Waals surface area contributed by atoms with E-state index in [1.807, 2.05) is 48.5 Å². The largest absolute Gasteiger partial charge is 0.484 e. The lowest BCUT2D eigenvalue weighted by Gasteiger charge is -2.31. The maximum Gasteiger partial charge on any atom is 0.261 e. The van der Waals surface area contributed by atoms with Crippen molar-refractivity contribution in [3.05, 3.63) is 62.1 Å². The van der Waals surface area contributed by atoms with Crippen molar-refractivity contribution >= 4 is 50.3 Å². The molecule has 2 aromatic carbocycles. The molecule has 1 aliphatic rings. The van der Waals surface area contributed by atoms with Gasteiger partial charge in [-0.25, -0.2) is 0 Å². The SMILES string of the molecule is CC(C(=O)NC1CCCCC1)N(Cc1cccc(Br)c1)C(=O)COc1ccc(I)cc1. The van der Waals surface area contributed by atoms with Gasteiger partial charge in [-0.1, -0.05) is 47.3 Å². The molecule has 0 spiro atoms. The van der Waals surface area contributed by atoms with Gasteiger partial charge in [-0.3, -0.25) is 9.59 Å². The summed E-state index contributed by atoms with van der Waals surface area (Å²) in [6.07, 6.45) is 5.53. The fourth-order valence-electron chi connectivity index (χ4n) is 3.74. The number of carbonyl (C=O) groups excluding carboxylic acids is 2. The van der Waals surface area contributed by atoms with Gasteiger partial charge in [0.2, 0.25) is 5.91 Å². The highest BCUT2D eigenvalue weighted by molar-refractivity contribution is 14.1. The number of nitrogens with zero attached hydrogens (tertiary/aromatic N) is 1. The normalized spacial score (nSPS) is 15.2. The maximum absolute atomic E-state index is 13.1. The number of amides is 2. The van der Waals surface area contributed by atoms with Crippen LogP contribution in [-0.2, 0) is 16.1 Å². The van der Waals surface area contributed by atoms with Crippen molar-refractivity contribution in [1.82, 2.24) is 10.2 Å². The highest BCUT2D eigenvalue weighted by atomic mass is 127. The molecule has 166 valence electrons. The molecular formula is C24H28BrIN2O3. The predicted molar refractivity (Wildman–Crippen MR) is 134 cm³/mol. The molecule has 1 saturated carbocycles. The molecule has 3 rings (SSSR count). The Morgan fingerprint density at radius 2 is 1.87 bits per heavy atom. The minimum Gasteiger partial charge on any atom is -0.484 e. The van der Waals surface area contributed by atoms with Gasteiger partial charge < -0.3 is 15.0 Å². The lowest BCUT2D eigenvalue weighted by molar-refractivity contribution is -0.142. The van der Waals surface area contributed by atoms with E-state index in [9.17, 15) is 9.59 Å². The van der Waals surface area contributed by atoms with Crippen LogP contribution in [0.5, 0.6) is 5.75 Å². The molecule has 7 heteroatoms. The molecule has 1 unspecified atom stereocenters. The molecule has 0 radical (unpaired) electrons. The van der Waals surface area contributed by atoms with Crippen LogP contribution < -0.4 is 10.1 Å². The Bertz CT molecular complexity index is 885. The molecule has 0 aliphatic heterocycles. The van der Waals surface area contributed by atoms with Gasteiger partial charge >= 0.3 is 0 Å². The lowest BCUT2D eigenvalue weighted by atomic mass is 9.95. The second-order valence-electron chi connectivity index (χ2n) is 7.91. The average molecular weight is 599 g/mol. The summed E-state index contributed by atoms with van der Waals surface area (Å²) in [5.41, 5.74) is 0.953. The van der Waals surface area contributed by atoms with Crippen molar-refractivity contribution in [2.75, 3.05) is 6.61 Å². The zero-order valence-electron chi connectivity index (χ0n) is 17.7. The first kappa shape index (κ1) is 24.0. The summed E-state index contributed by atoms with van der Waals surface area (Å²) in [6, 6.07) is 14.9. The van der Waals surface area contributed by atoms with Gasteiger partial charge in [0.15, 0.2) is 6.61 Å². The van der Waals surface area contributed by atoms with Gasteiger partial charge in [-0.2, -0.15) is 0 Å². The van der Waals surface area contributed by atoms with Crippen LogP contribution in [-0.4, -0.2) is 35.4 Å². The van der Waals surface area contributed by atoms with E-state index < -0.39 is 6.04 Å². The summed E-state index contributed by atoms with van der Waals surface area (Å²) < 4.78 is 7.74. The molecule has 31 heavy (non-hydrogen) atoms. The van der Waals surface area contributed by atoms with E-state index in [1.165, 1.54) is 6.42 Å². The fraction of sp³-hybridized carbons (Fsp3) is 0.417. The summed E-state index contributed by atoms with van der Waals surface area (Å²) in [6.45, 7) is 2.02. The summed E-state index contributed by atoms with van der Waals surface area (Å²) in [4.78, 5) is 27.7. The number of hydrogen-bond acceptors (Lipinski definition) is 3. The molecule has 1 N–H and O–H groups in total. The van der Waals surface area contributed by atoms with Crippen LogP contribution in [0.25, 0.3) is 0 Å². The molecule has 2 aromatic rings. The molecule has 0 heterocycles. The van der Waals surface area contributed by atoms with E-state index in [4.69, 9.17) is 4.74 Å². The molecule has 0 bridgehead atoms. The molecule has 1 fully saturated rings. The topological polar surface area (TPSA) is 58.6 Å². The van der Waals surface area contributed by atoms with Crippen LogP contribution >= 0.6 is 38.5 Å². The first-order valence-electron chi connectivity index (χ1n) is 10.6. The van der Waals surface area contributed by atoms with Gasteiger partial charge in [-0.05, 0) is 84.3 Å². The van der Waals surface area contributed by atoms with E-state index in [0.717, 1.165) is 39.3 Å². The van der Waals surface area contributed by atoms with E-state index in [0.29, 0.717) is 12.3 Å². The molecule has 0 aromatic heterocycles. The van der Waals surface area contributed by atoms with Crippen LogP contribution in [0.2, 0.25) is 0 Å². The number of rotatable bonds is 8. The third kappa shape index (κ3) is 7.49. The monoisotopic (exact) mass is 598 g/mol. The van der Waals surface area contributed by atoms with Crippen LogP contribution in [0.1, 0.15) is 44.6 Å². The van der Waals surface area contributed by atoms with E-state index >= 15 is 0 Å². The highest BCUT2D eigenvalue weighted by Crippen LogP contribution is 2.19. The van der Waals surface area contributed by atoms with Gasteiger partial charge in [0.1, 0.15) is 11.8 Å². The number of benzene rings is 2. The zero-order valence-corrected chi connectivity index (χ0v) is 21.4. The van der Waals surface area contributed by atoms with Crippen LogP contribution in [0, 0.1) is 3.57 Å². The number of nitrogens with one attached hydrogen (secondary N) is 1. The standard InChI is InChI=1S/C24H28BrIN2O3/c1-17(24(30)27-21-8-3-2-4-9-21)28(15-18-6-5-7-19(25)14-18)23(29)16-31-22-12-10-20(26)11-13-22/h5-7,10-14,17,21H,2-4,8-9,15-16H2,1H3,(H,27,30). The van der Waals surface area contributed by atoms with Gasteiger partial charge in [-0.15, -0.1) is 0 Å². The van der Waals surface area contributed by atoms with Gasteiger partial charge in [0.05, 0.1) is 0 Å². The van der Waals surface area contributed by atoms with Crippen LogP contribution in [0.4, 0.5) is 0 Å². The van der Waals surface area contributed by atoms with Gasteiger partial charge in [0, 0.05) is 20.6 Å². The summed E-state index contributed by atoms with van der Waals surface area (Å²) in [7, 11) is 0. The number of halogens is 2. The quantitative estimate of drug-likeness (QED) is 0.420. The Hall–Kier alpha value is -1.61. The number of carbonyl (C=O) groups is 2. The van der Waals surface area contributed by atoms with Crippen LogP contribution in [0.3, 0.4) is 0 Å². The van der Waals surface area contributed by atoms with Crippen molar-refractivity contribution in [1.29, 1.82) is 0 Å². The highest BCUT2D eigenvalue weighted by Gasteiger charge is 2.28. The van der Waals surface area contributed by atoms with Crippen molar-refractivity contribution < 1.29 is 14.3 Å². The maximum atomic E-state index is 13.1. The molecule has 2 amide bonds. The second-order valence-corrected chi connectivity index (χ2v) is 10.1. The number of ether oxygens (including phenoxy) is 1. The fourth-order valence-corrected chi connectivity index (χ4v) is 4.55. The Labute approximate surface area is 206 Å². The summed E-state index contributed by atoms with van der Waals surface area (Å²) in [5.74, 6) is 0.310. The lowest BCUT2D eigenvalue weighted by Crippen LogP contribution is -2.51. The van der Waals surface area contributed by atoms with E-state index in [1.54, 1.807) is 11.8 Å². The Morgan fingerprint density at radius 1 is 1.16 bits per heavy atom. The minimum absolute atomic E-state index is 0.107. The van der Waals surface area contributed by atoms with Gasteiger partial charge in [0.25, 0.3) is 5.91 Å². The van der Waals surface area contributed by atoms with Crippen LogP contribution in [0.15, 0.2) is 53.0 Å². The van der Waals surface area contributed by atoms with E-state index in [2.05, 4.69) is 43.8 Å². The minimum atomic E-state index is -0.589. The summed E-state index contributed by atoms with van der Waals surface area (Å²) in [5, 5.41) is 3.15. The zero-order chi connectivity index (χ0) is 22.2. The molecular weight excluding hydrogens is 571 g/mol. The third-order valence-corrected chi connectivity index (χ3v) is 6.75. The Balaban J connectivity index is 1.70. The predicted octanol–water partition coefficient (Wildman–Crippen LogP) is 5.30. The smallest absolute Gasteiger partial charge is 0.261 e. The average Bonchev–Trinajstić information content (AvgIpc) is 2.77. The van der Waals surface area contributed by atoms with Crippen molar-refractivity contribution in [3.8, 4) is 5.75 Å². The Morgan fingerprint density at radius 3 is 2.55 bits per heavy atom. The first-order valence-corrected chi connectivity index (χ1v) is 12.5. The van der Waals surface area contributed by atoms with Crippen molar-refractivity contribution in [2.45, 2.75) is 57.7 Å².